The van der Waals surface area contributed by atoms with E-state index in [9.17, 15) is 24.5 Å². The first kappa shape index (κ1) is 23.1. The van der Waals surface area contributed by atoms with Crippen molar-refractivity contribution in [1.82, 2.24) is 4.90 Å². The molecule has 3 aromatic carbocycles. The number of rotatable bonds is 4. The second kappa shape index (κ2) is 8.38. The predicted octanol–water partition coefficient (Wildman–Crippen LogP) is 4.95. The van der Waals surface area contributed by atoms with Gasteiger partial charge in [0.25, 0.3) is 5.69 Å². The van der Waals surface area contributed by atoms with E-state index in [2.05, 4.69) is 0 Å². The number of amides is 2. The molecule has 0 bridgehead atoms. The van der Waals surface area contributed by atoms with Gasteiger partial charge in [-0.1, -0.05) is 35.9 Å². The number of nitrogens with zero attached hydrogens (tertiary/aromatic N) is 3. The Morgan fingerprint density at radius 3 is 2.38 bits per heavy atom. The molecule has 8 nitrogen and oxygen atoms in total. The van der Waals surface area contributed by atoms with Gasteiger partial charge in [-0.25, -0.2) is 4.90 Å². The maximum atomic E-state index is 14.0. The van der Waals surface area contributed by atoms with Crippen LogP contribution in [0.25, 0.3) is 6.08 Å². The Labute approximate surface area is 216 Å². The van der Waals surface area contributed by atoms with Gasteiger partial charge in [-0.3, -0.25) is 24.5 Å². The Bertz CT molecular complexity index is 1530. The molecule has 0 unspecified atom stereocenters. The van der Waals surface area contributed by atoms with Crippen LogP contribution in [0.1, 0.15) is 33.1 Å². The largest absolute Gasteiger partial charge is 0.358 e. The summed E-state index contributed by atoms with van der Waals surface area (Å²) in [4.78, 5) is 55.5. The highest BCUT2D eigenvalue weighted by Gasteiger charge is 2.64. The second-order valence-electron chi connectivity index (χ2n) is 9.44. The number of fused-ring (bicyclic) bond motifs is 5. The lowest BCUT2D eigenvalue weighted by Gasteiger charge is -2.35. The number of carbonyl (C=O) groups excluding carboxylic acids is 3. The third-order valence-electron chi connectivity index (χ3n) is 7.49. The van der Waals surface area contributed by atoms with Crippen molar-refractivity contribution < 1.29 is 19.3 Å². The molecule has 3 aliphatic heterocycles. The number of anilines is 1. The highest BCUT2D eigenvalue weighted by molar-refractivity contribution is 6.30. The fraction of sp³-hybridized carbons (Fsp3) is 0.179. The fourth-order valence-electron chi connectivity index (χ4n) is 5.88. The predicted molar refractivity (Wildman–Crippen MR) is 137 cm³/mol. The van der Waals surface area contributed by atoms with Crippen LogP contribution in [-0.4, -0.2) is 33.5 Å². The number of ketones is 1. The van der Waals surface area contributed by atoms with Crippen LogP contribution in [0.15, 0.2) is 72.9 Å². The van der Waals surface area contributed by atoms with Gasteiger partial charge >= 0.3 is 0 Å². The van der Waals surface area contributed by atoms with E-state index < -0.39 is 40.7 Å². The van der Waals surface area contributed by atoms with Crippen molar-refractivity contribution in [3.63, 3.8) is 0 Å². The average Bonchev–Trinajstić information content (AvgIpc) is 3.36. The van der Waals surface area contributed by atoms with Crippen LogP contribution in [0.5, 0.6) is 0 Å². The molecular weight excluding hydrogens is 494 g/mol. The molecule has 0 saturated carbocycles. The van der Waals surface area contributed by atoms with Crippen molar-refractivity contribution in [3.8, 4) is 0 Å². The van der Waals surface area contributed by atoms with E-state index in [1.54, 1.807) is 37.4 Å². The van der Waals surface area contributed by atoms with Crippen molar-refractivity contribution in [2.75, 3.05) is 4.90 Å². The number of aryl methyl sites for hydroxylation is 1. The number of Topliss-reactive ketones (excluding diaryl/α,β-unsaturated/α-hetero) is 1. The van der Waals surface area contributed by atoms with Gasteiger partial charge in [-0.2, -0.15) is 0 Å². The van der Waals surface area contributed by atoms with Gasteiger partial charge in [-0.05, 0) is 60.0 Å². The van der Waals surface area contributed by atoms with Crippen molar-refractivity contribution in [3.05, 3.63) is 110 Å². The first-order valence-corrected chi connectivity index (χ1v) is 12.1. The number of hydrogen-bond donors (Lipinski definition) is 0. The highest BCUT2D eigenvalue weighted by Crippen LogP contribution is 2.54. The van der Waals surface area contributed by atoms with Crippen molar-refractivity contribution in [2.45, 2.75) is 19.0 Å². The lowest BCUT2D eigenvalue weighted by molar-refractivity contribution is -0.384. The van der Waals surface area contributed by atoms with Crippen LogP contribution in [0.3, 0.4) is 0 Å². The molecule has 0 spiro atoms. The highest BCUT2D eigenvalue weighted by atomic mass is 35.5. The number of imide groups is 1. The molecule has 184 valence electrons. The summed E-state index contributed by atoms with van der Waals surface area (Å²) in [6.07, 6.45) is 3.69. The van der Waals surface area contributed by atoms with E-state index in [4.69, 9.17) is 11.6 Å². The summed E-state index contributed by atoms with van der Waals surface area (Å²) >= 11 is 6.03. The average molecular weight is 514 g/mol. The zero-order valence-corrected chi connectivity index (χ0v) is 20.3. The summed E-state index contributed by atoms with van der Waals surface area (Å²) in [5.74, 6) is -2.90. The maximum Gasteiger partial charge on any atom is 0.269 e. The third-order valence-corrected chi connectivity index (χ3v) is 7.74. The molecule has 0 aliphatic carbocycles. The molecule has 0 N–H and O–H groups in total. The summed E-state index contributed by atoms with van der Waals surface area (Å²) < 4.78 is 0. The van der Waals surface area contributed by atoms with E-state index in [-0.39, 0.29) is 11.5 Å². The van der Waals surface area contributed by atoms with Gasteiger partial charge in [0.15, 0.2) is 5.78 Å². The molecule has 3 aliphatic rings. The molecular formula is C28H20ClN3O5. The first-order chi connectivity index (χ1) is 17.8. The molecule has 6 rings (SSSR count). The summed E-state index contributed by atoms with van der Waals surface area (Å²) in [5.41, 5.74) is 2.78. The van der Waals surface area contributed by atoms with Gasteiger partial charge in [0.2, 0.25) is 11.8 Å². The van der Waals surface area contributed by atoms with Gasteiger partial charge in [0, 0.05) is 28.9 Å². The molecule has 4 atom stereocenters. The minimum atomic E-state index is -0.925. The molecule has 2 fully saturated rings. The third kappa shape index (κ3) is 3.40. The summed E-state index contributed by atoms with van der Waals surface area (Å²) in [5, 5.41) is 11.7. The van der Waals surface area contributed by atoms with Crippen LogP contribution in [0.4, 0.5) is 11.4 Å². The molecule has 3 heterocycles. The van der Waals surface area contributed by atoms with Crippen LogP contribution < -0.4 is 4.90 Å². The smallest absolute Gasteiger partial charge is 0.269 e. The topological polar surface area (TPSA) is 101 Å². The van der Waals surface area contributed by atoms with E-state index >= 15 is 0 Å². The van der Waals surface area contributed by atoms with Crippen molar-refractivity contribution >= 4 is 46.6 Å². The Morgan fingerprint density at radius 2 is 1.68 bits per heavy atom. The van der Waals surface area contributed by atoms with Crippen LogP contribution in [-0.2, 0) is 9.59 Å². The van der Waals surface area contributed by atoms with E-state index in [1.807, 2.05) is 35.2 Å². The normalized spacial score (nSPS) is 23.6. The SMILES string of the molecule is Cc1cc([N+](=O)[O-])ccc1N1C(=O)[C@@H]2[C@H](C1=O)[C@H]1c3ccccc3C=CN1[C@@H]2C(=O)c1ccc(Cl)cc1. The molecule has 2 saturated heterocycles. The number of halogens is 1. The van der Waals surface area contributed by atoms with Crippen LogP contribution >= 0.6 is 11.6 Å². The lowest BCUT2D eigenvalue weighted by atomic mass is 9.83. The van der Waals surface area contributed by atoms with Crippen molar-refractivity contribution in [2.24, 2.45) is 11.8 Å². The number of nitro groups is 1. The number of nitro benzene ring substituents is 1. The van der Waals surface area contributed by atoms with Gasteiger partial charge in [0.1, 0.15) is 6.04 Å². The Morgan fingerprint density at radius 1 is 0.973 bits per heavy atom. The zero-order chi connectivity index (χ0) is 26.0. The number of hydrogen-bond acceptors (Lipinski definition) is 6. The summed E-state index contributed by atoms with van der Waals surface area (Å²) in [6.45, 7) is 1.62. The molecule has 37 heavy (non-hydrogen) atoms. The van der Waals surface area contributed by atoms with E-state index in [0.29, 0.717) is 21.8 Å². The second-order valence-corrected chi connectivity index (χ2v) is 9.88. The summed E-state index contributed by atoms with van der Waals surface area (Å²) in [6, 6.07) is 16.7. The fourth-order valence-corrected chi connectivity index (χ4v) is 6.01. The molecule has 0 aromatic heterocycles. The quantitative estimate of drug-likeness (QED) is 0.212. The van der Waals surface area contributed by atoms with Crippen LogP contribution in [0.2, 0.25) is 5.02 Å². The van der Waals surface area contributed by atoms with E-state index in [0.717, 1.165) is 16.0 Å². The van der Waals surface area contributed by atoms with Gasteiger partial charge in [-0.15, -0.1) is 0 Å². The molecule has 3 aromatic rings. The Kier molecular flexibility index (Phi) is 5.24. The number of benzene rings is 3. The van der Waals surface area contributed by atoms with Crippen molar-refractivity contribution in [1.29, 1.82) is 0 Å². The molecule has 9 heteroatoms. The minimum absolute atomic E-state index is 0.131. The standard InChI is InChI=1S/C28H20ClN3O5/c1-15-14-19(32(36)37)10-11-21(15)31-27(34)22-23(28(31)35)25(26(33)17-6-8-18(29)9-7-17)30-13-12-16-4-2-3-5-20(16)24(22)30/h2-14,22-25H,1H3/t22-,23+,24+,25-/m0/s1. The lowest BCUT2D eigenvalue weighted by Crippen LogP contribution is -2.44. The van der Waals surface area contributed by atoms with Gasteiger partial charge < -0.3 is 4.90 Å². The molecule has 2 amide bonds. The minimum Gasteiger partial charge on any atom is -0.358 e. The summed E-state index contributed by atoms with van der Waals surface area (Å²) in [7, 11) is 0. The zero-order valence-electron chi connectivity index (χ0n) is 19.6. The Balaban J connectivity index is 1.49. The first-order valence-electron chi connectivity index (χ1n) is 11.7. The monoisotopic (exact) mass is 513 g/mol. The molecule has 0 radical (unpaired) electrons. The van der Waals surface area contributed by atoms with Crippen LogP contribution in [0, 0.1) is 28.9 Å². The number of non-ortho nitro benzene ring substituents is 1. The van der Waals surface area contributed by atoms with E-state index in [1.165, 1.54) is 18.2 Å². The Hall–Kier alpha value is -4.30. The maximum absolute atomic E-state index is 14.0. The van der Waals surface area contributed by atoms with Gasteiger partial charge in [0.05, 0.1) is 28.5 Å². The number of carbonyl (C=O) groups is 3.